The van der Waals surface area contributed by atoms with Crippen molar-refractivity contribution in [2.24, 2.45) is 0 Å². The Morgan fingerprint density at radius 2 is 0.845 bits per heavy atom. The van der Waals surface area contributed by atoms with Crippen LogP contribution in [0.4, 0.5) is 0 Å². The Morgan fingerprint density at radius 1 is 0.408 bits per heavy atom. The van der Waals surface area contributed by atoms with E-state index >= 15 is 0 Å². The summed E-state index contributed by atoms with van der Waals surface area (Å²) in [6.45, 7) is 2.01. The molecule has 7 aromatic rings. The van der Waals surface area contributed by atoms with Crippen LogP contribution in [0.5, 0.6) is 0 Å². The number of fused-ring (bicyclic) bond motifs is 1. The minimum Gasteiger partial charge on any atom is -0.0622 e. The quantitative estimate of drug-likeness (QED) is 0.0649. The predicted molar refractivity (Wildman–Crippen MR) is 270 cm³/mol. The van der Waals surface area contributed by atoms with Gasteiger partial charge in [0.05, 0.1) is 0 Å². The number of hydrogen-bond donors (Lipinski definition) is 0. The van der Waals surface area contributed by atoms with Gasteiger partial charge in [0, 0.05) is 0 Å². The van der Waals surface area contributed by atoms with Crippen molar-refractivity contribution in [3.63, 3.8) is 0 Å². The standard InChI is InChI=1S/C60H60O10Se/c1-8-22-43(23-9-1)36-61-41-50-52(62-37-44-24-10-2-11-25-44)54(63-38-45-26-12-3-13-27-45)56(64-39-46-28-14-4-15-29-46)59(67-50)70-55-53-51(42-66-58(69-53)48-32-18-6-19-33-48)68-60(71-49-34-20-7-21-35-49)57(55)65-40-47-30-16-5-17-31-47/h1-35,50-60H,36-42H2/t50-,51-,52-,53-,54+,55+,56+,57+,58-,59-,60-/m1/s1. The van der Waals surface area contributed by atoms with Crippen molar-refractivity contribution in [3.05, 3.63) is 246 Å². The van der Waals surface area contributed by atoms with Gasteiger partial charge >= 0.3 is 383 Å². The van der Waals surface area contributed by atoms with E-state index in [2.05, 4.69) is 84.9 Å². The van der Waals surface area contributed by atoms with Crippen LogP contribution in [0.1, 0.15) is 39.7 Å². The third-order valence-electron chi connectivity index (χ3n) is 12.8. The number of ether oxygens (including phenoxy) is 10. The van der Waals surface area contributed by atoms with Gasteiger partial charge in [0.15, 0.2) is 0 Å². The van der Waals surface area contributed by atoms with Crippen molar-refractivity contribution in [1.82, 2.24) is 0 Å². The molecule has 0 amide bonds. The van der Waals surface area contributed by atoms with Gasteiger partial charge in [-0.15, -0.1) is 0 Å². The molecule has 0 bridgehead atoms. The van der Waals surface area contributed by atoms with Crippen LogP contribution in [0.15, 0.2) is 212 Å². The molecule has 71 heavy (non-hydrogen) atoms. The molecule has 10 nitrogen and oxygen atoms in total. The second kappa shape index (κ2) is 25.4. The molecule has 3 aliphatic heterocycles. The fourth-order valence-electron chi connectivity index (χ4n) is 9.16. The summed E-state index contributed by atoms with van der Waals surface area (Å²) in [6.07, 6.45) is -7.03. The first-order valence-electron chi connectivity index (χ1n) is 24.4. The SMILES string of the molecule is c1ccc(COC[C@H]2O[C@H](O[C@@H]3[C@H](OCc4ccccc4)[C@@H]([Se]c4ccccc4)O[C@@H]4CO[C@@H](c5ccccc5)O[C@@H]34)[C@@H](OCc3ccccc3)[C@@H](OCc3ccccc3)[C@@H]2OCc2ccccc2)cc1. The Morgan fingerprint density at radius 3 is 1.37 bits per heavy atom. The van der Waals surface area contributed by atoms with Gasteiger partial charge in [0.2, 0.25) is 0 Å². The monoisotopic (exact) mass is 1020 g/mol. The summed E-state index contributed by atoms with van der Waals surface area (Å²) in [5, 5.41) is -0.398. The fourth-order valence-corrected chi connectivity index (χ4v) is 11.6. The summed E-state index contributed by atoms with van der Waals surface area (Å²) in [5.41, 5.74) is 5.97. The van der Waals surface area contributed by atoms with Crippen LogP contribution in [0.2, 0.25) is 0 Å². The second-order valence-corrected chi connectivity index (χ2v) is 20.3. The van der Waals surface area contributed by atoms with Crippen molar-refractivity contribution in [1.29, 1.82) is 0 Å². The molecule has 3 saturated heterocycles. The van der Waals surface area contributed by atoms with Crippen molar-refractivity contribution in [3.8, 4) is 0 Å². The summed E-state index contributed by atoms with van der Waals surface area (Å²) in [4.78, 5) is 0. The minimum absolute atomic E-state index is 0.179. The van der Waals surface area contributed by atoms with Crippen LogP contribution in [0.25, 0.3) is 0 Å². The number of benzene rings is 7. The van der Waals surface area contributed by atoms with Gasteiger partial charge in [-0.25, -0.2) is 0 Å². The van der Waals surface area contributed by atoms with Crippen molar-refractivity contribution < 1.29 is 47.4 Å². The maximum absolute atomic E-state index is 7.63. The van der Waals surface area contributed by atoms with Crippen molar-refractivity contribution >= 4 is 19.4 Å². The molecule has 11 heteroatoms. The maximum atomic E-state index is 7.63. The van der Waals surface area contributed by atoms with E-state index in [-0.39, 0.29) is 41.4 Å². The molecule has 0 aliphatic carbocycles. The Kier molecular flexibility index (Phi) is 17.6. The molecule has 0 radical (unpaired) electrons. The van der Waals surface area contributed by atoms with Crippen LogP contribution in [0, 0.1) is 0 Å². The molecule has 0 spiro atoms. The number of hydrogen-bond acceptors (Lipinski definition) is 10. The van der Waals surface area contributed by atoms with Gasteiger partial charge in [-0.3, -0.25) is 0 Å². The molecule has 0 saturated carbocycles. The zero-order valence-corrected chi connectivity index (χ0v) is 41.2. The molecule has 7 aromatic carbocycles. The molecule has 3 fully saturated rings. The molecular formula is C60H60O10Se. The molecular weight excluding hydrogens is 960 g/mol. The van der Waals surface area contributed by atoms with Crippen LogP contribution < -0.4 is 4.46 Å². The average molecular weight is 1020 g/mol. The van der Waals surface area contributed by atoms with E-state index in [4.69, 9.17) is 47.4 Å². The molecule has 0 unspecified atom stereocenters. The van der Waals surface area contributed by atoms with Gasteiger partial charge in [-0.05, 0) is 0 Å². The normalized spacial score (nSPS) is 26.3. The van der Waals surface area contributed by atoms with E-state index in [9.17, 15) is 0 Å². The van der Waals surface area contributed by atoms with E-state index in [1.165, 1.54) is 0 Å². The minimum atomic E-state index is -1.03. The topological polar surface area (TPSA) is 92.3 Å². The van der Waals surface area contributed by atoms with Crippen LogP contribution in [0.3, 0.4) is 0 Å². The summed E-state index contributed by atoms with van der Waals surface area (Å²) in [5.74, 6) is 0. The van der Waals surface area contributed by atoms with Crippen molar-refractivity contribution in [2.45, 2.75) is 99.4 Å². The third-order valence-corrected chi connectivity index (χ3v) is 15.2. The van der Waals surface area contributed by atoms with Gasteiger partial charge in [-0.2, -0.15) is 0 Å². The van der Waals surface area contributed by atoms with Crippen LogP contribution >= 0.6 is 0 Å². The smallest absolute Gasteiger partial charge is 0.0622 e. The van der Waals surface area contributed by atoms with E-state index < -0.39 is 66.4 Å². The first-order valence-corrected chi connectivity index (χ1v) is 26.3. The van der Waals surface area contributed by atoms with E-state index in [1.54, 1.807) is 0 Å². The fraction of sp³-hybridized carbons (Fsp3) is 0.300. The van der Waals surface area contributed by atoms with E-state index in [0.29, 0.717) is 19.8 Å². The molecule has 0 aromatic heterocycles. The molecule has 3 heterocycles. The van der Waals surface area contributed by atoms with Crippen molar-refractivity contribution in [2.75, 3.05) is 13.2 Å². The summed E-state index contributed by atoms with van der Waals surface area (Å²) in [7, 11) is 0. The Hall–Kier alpha value is -5.34. The Balaban J connectivity index is 1.05. The van der Waals surface area contributed by atoms with E-state index in [0.717, 1.165) is 37.8 Å². The molecule has 11 atom stereocenters. The van der Waals surface area contributed by atoms with Gasteiger partial charge in [0.25, 0.3) is 0 Å². The first kappa shape index (κ1) is 49.2. The van der Waals surface area contributed by atoms with Crippen LogP contribution in [-0.4, -0.2) is 88.3 Å². The summed E-state index contributed by atoms with van der Waals surface area (Å²) in [6, 6.07) is 71.1. The Bertz CT molecular complexity index is 2590. The number of rotatable bonds is 21. The zero-order chi connectivity index (χ0) is 47.9. The predicted octanol–water partition coefficient (Wildman–Crippen LogP) is 9.52. The van der Waals surface area contributed by atoms with Crippen LogP contribution in [-0.2, 0) is 80.4 Å². The first-order chi connectivity index (χ1) is 35.2. The van der Waals surface area contributed by atoms with Gasteiger partial charge in [0.1, 0.15) is 0 Å². The molecule has 3 aliphatic rings. The zero-order valence-electron chi connectivity index (χ0n) is 39.5. The van der Waals surface area contributed by atoms with E-state index in [1.807, 2.05) is 127 Å². The Labute approximate surface area is 423 Å². The third kappa shape index (κ3) is 13.4. The summed E-state index contributed by atoms with van der Waals surface area (Å²) < 4.78 is 71.6. The average Bonchev–Trinajstić information content (AvgIpc) is 3.43. The van der Waals surface area contributed by atoms with Gasteiger partial charge in [-0.1, -0.05) is 42.5 Å². The molecule has 10 rings (SSSR count). The van der Waals surface area contributed by atoms with Gasteiger partial charge < -0.3 is 0 Å². The summed E-state index contributed by atoms with van der Waals surface area (Å²) >= 11 is -0.215. The molecule has 366 valence electrons. The second-order valence-electron chi connectivity index (χ2n) is 17.8. The molecule has 0 N–H and O–H groups in total.